The lowest BCUT2D eigenvalue weighted by atomic mass is 10.1. The molecular weight excluding hydrogens is 310 g/mol. The number of amides is 1. The number of aromatic nitrogens is 3. The first kappa shape index (κ1) is 16.0. The predicted octanol–water partition coefficient (Wildman–Crippen LogP) is 1.43. The minimum absolute atomic E-state index is 0.0879. The molecule has 6 nitrogen and oxygen atoms in total. The Morgan fingerprint density at radius 1 is 1.39 bits per heavy atom. The van der Waals surface area contributed by atoms with Crippen LogP contribution < -0.4 is 0 Å². The summed E-state index contributed by atoms with van der Waals surface area (Å²) in [6.07, 6.45) is 3.31. The zero-order valence-electron chi connectivity index (χ0n) is 13.7. The lowest BCUT2D eigenvalue weighted by Gasteiger charge is -2.27. The van der Waals surface area contributed by atoms with Gasteiger partial charge < -0.3 is 4.90 Å². The lowest BCUT2D eigenvalue weighted by molar-refractivity contribution is -0.127. The summed E-state index contributed by atoms with van der Waals surface area (Å²) in [7, 11) is 3.54. The molecule has 0 saturated heterocycles. The van der Waals surface area contributed by atoms with Crippen molar-refractivity contribution in [3.05, 3.63) is 39.4 Å². The smallest absolute Gasteiger partial charge is 0.228 e. The average Bonchev–Trinajstić information content (AvgIpc) is 2.93. The molecule has 2 aromatic rings. The number of thiazole rings is 1. The fourth-order valence-corrected chi connectivity index (χ4v) is 3.39. The summed E-state index contributed by atoms with van der Waals surface area (Å²) in [4.78, 5) is 29.1. The Hall–Kier alpha value is -1.86. The number of nitrogens with zero attached hydrogens (tertiary/aromatic N) is 5. The number of likely N-dealkylation sites (N-methyl/N-ethyl adjacent to an activating group) is 1. The second-order valence-electron chi connectivity index (χ2n) is 6.05. The molecule has 0 aromatic carbocycles. The fraction of sp³-hybridized carbons (Fsp3) is 0.500. The number of aryl methyl sites for hydroxylation is 1. The number of carbonyl (C=O) groups excluding carboxylic acids is 1. The Balaban J connectivity index is 1.62. The van der Waals surface area contributed by atoms with Crippen molar-refractivity contribution >= 4 is 17.2 Å². The highest BCUT2D eigenvalue weighted by Gasteiger charge is 2.19. The van der Waals surface area contributed by atoms with Gasteiger partial charge in [0, 0.05) is 45.3 Å². The Bertz CT molecular complexity index is 712. The molecule has 122 valence electrons. The van der Waals surface area contributed by atoms with E-state index in [1.165, 1.54) is 5.56 Å². The van der Waals surface area contributed by atoms with E-state index in [2.05, 4.69) is 25.2 Å². The zero-order valence-corrected chi connectivity index (χ0v) is 14.6. The van der Waals surface area contributed by atoms with Crippen LogP contribution in [0.15, 0.2) is 11.6 Å². The van der Waals surface area contributed by atoms with Gasteiger partial charge in [-0.05, 0) is 18.9 Å². The maximum atomic E-state index is 11.7. The standard InChI is InChI=1S/C16H21N5OS/c1-11-17-7-12-4-5-21(9-14(12)18-11)8-13-10-23-15(19-13)6-16(22)20(2)3/h7,10H,4-6,8-9H2,1-3H3. The van der Waals surface area contributed by atoms with E-state index in [1.54, 1.807) is 30.3 Å². The van der Waals surface area contributed by atoms with E-state index in [1.807, 2.05) is 13.1 Å². The van der Waals surface area contributed by atoms with Gasteiger partial charge in [0.25, 0.3) is 0 Å². The molecule has 1 aliphatic heterocycles. The van der Waals surface area contributed by atoms with Crippen molar-refractivity contribution < 1.29 is 4.79 Å². The van der Waals surface area contributed by atoms with Crippen LogP contribution in [0, 0.1) is 6.92 Å². The monoisotopic (exact) mass is 331 g/mol. The SMILES string of the molecule is Cc1ncc2c(n1)CN(Cc1csc(CC(=O)N(C)C)n1)CC2. The first-order valence-corrected chi connectivity index (χ1v) is 8.56. The van der Waals surface area contributed by atoms with E-state index in [0.29, 0.717) is 6.42 Å². The minimum Gasteiger partial charge on any atom is -0.348 e. The van der Waals surface area contributed by atoms with Gasteiger partial charge in [0.05, 0.1) is 17.8 Å². The number of carbonyl (C=O) groups is 1. The molecule has 1 aliphatic rings. The third-order valence-corrected chi connectivity index (χ3v) is 4.83. The van der Waals surface area contributed by atoms with Crippen molar-refractivity contribution in [2.45, 2.75) is 32.9 Å². The normalized spacial score (nSPS) is 14.6. The first-order valence-electron chi connectivity index (χ1n) is 7.68. The van der Waals surface area contributed by atoms with E-state index < -0.39 is 0 Å². The summed E-state index contributed by atoms with van der Waals surface area (Å²) in [6, 6.07) is 0. The molecule has 0 atom stereocenters. The Morgan fingerprint density at radius 2 is 2.22 bits per heavy atom. The molecule has 0 fully saturated rings. The third-order valence-electron chi connectivity index (χ3n) is 3.93. The summed E-state index contributed by atoms with van der Waals surface area (Å²) in [6.45, 7) is 4.55. The molecule has 0 unspecified atom stereocenters. The molecule has 0 bridgehead atoms. The molecule has 0 aliphatic carbocycles. The fourth-order valence-electron chi connectivity index (χ4n) is 2.61. The number of rotatable bonds is 4. The number of hydrogen-bond acceptors (Lipinski definition) is 6. The maximum Gasteiger partial charge on any atom is 0.228 e. The van der Waals surface area contributed by atoms with Crippen LogP contribution in [0.4, 0.5) is 0 Å². The summed E-state index contributed by atoms with van der Waals surface area (Å²) in [5.41, 5.74) is 3.41. The van der Waals surface area contributed by atoms with Crippen LogP contribution >= 0.6 is 11.3 Å². The van der Waals surface area contributed by atoms with Crippen LogP contribution in [0.1, 0.15) is 27.8 Å². The summed E-state index contributed by atoms with van der Waals surface area (Å²) in [5.74, 6) is 0.911. The van der Waals surface area contributed by atoms with Crippen LogP contribution in [-0.2, 0) is 30.7 Å². The molecule has 3 rings (SSSR count). The molecule has 0 spiro atoms. The van der Waals surface area contributed by atoms with Crippen LogP contribution in [0.5, 0.6) is 0 Å². The van der Waals surface area contributed by atoms with Crippen molar-refractivity contribution in [2.75, 3.05) is 20.6 Å². The Kier molecular flexibility index (Phi) is 4.68. The van der Waals surface area contributed by atoms with Gasteiger partial charge in [-0.1, -0.05) is 0 Å². The van der Waals surface area contributed by atoms with E-state index in [4.69, 9.17) is 0 Å². The van der Waals surface area contributed by atoms with Crippen LogP contribution in [0.25, 0.3) is 0 Å². The van der Waals surface area contributed by atoms with E-state index in [0.717, 1.165) is 48.3 Å². The number of hydrogen-bond donors (Lipinski definition) is 0. The molecule has 0 N–H and O–H groups in total. The predicted molar refractivity (Wildman–Crippen MR) is 89.1 cm³/mol. The summed E-state index contributed by atoms with van der Waals surface area (Å²) < 4.78 is 0. The summed E-state index contributed by atoms with van der Waals surface area (Å²) in [5, 5.41) is 2.94. The van der Waals surface area contributed by atoms with Gasteiger partial charge in [0.1, 0.15) is 10.8 Å². The van der Waals surface area contributed by atoms with Gasteiger partial charge in [0.15, 0.2) is 0 Å². The topological polar surface area (TPSA) is 62.2 Å². The largest absolute Gasteiger partial charge is 0.348 e. The van der Waals surface area contributed by atoms with Gasteiger partial charge in [-0.2, -0.15) is 0 Å². The average molecular weight is 331 g/mol. The highest BCUT2D eigenvalue weighted by atomic mass is 32.1. The van der Waals surface area contributed by atoms with Gasteiger partial charge in [-0.3, -0.25) is 9.69 Å². The molecular formula is C16H21N5OS. The van der Waals surface area contributed by atoms with E-state index in [-0.39, 0.29) is 5.91 Å². The highest BCUT2D eigenvalue weighted by molar-refractivity contribution is 7.09. The van der Waals surface area contributed by atoms with Gasteiger partial charge >= 0.3 is 0 Å². The van der Waals surface area contributed by atoms with Gasteiger partial charge in [-0.15, -0.1) is 11.3 Å². The van der Waals surface area contributed by atoms with Crippen LogP contribution in [0.2, 0.25) is 0 Å². The molecule has 2 aromatic heterocycles. The van der Waals surface area contributed by atoms with Crippen LogP contribution in [-0.4, -0.2) is 51.3 Å². The first-order chi connectivity index (χ1) is 11.0. The molecule has 3 heterocycles. The van der Waals surface area contributed by atoms with Crippen molar-refractivity contribution in [3.8, 4) is 0 Å². The molecule has 1 amide bonds. The Labute approximate surface area is 140 Å². The highest BCUT2D eigenvalue weighted by Crippen LogP contribution is 2.19. The van der Waals surface area contributed by atoms with Crippen molar-refractivity contribution in [1.29, 1.82) is 0 Å². The summed E-state index contributed by atoms with van der Waals surface area (Å²) >= 11 is 1.56. The minimum atomic E-state index is 0.0879. The second-order valence-corrected chi connectivity index (χ2v) is 6.99. The Morgan fingerprint density at radius 3 is 3.00 bits per heavy atom. The number of fused-ring (bicyclic) bond motifs is 1. The van der Waals surface area contributed by atoms with Crippen molar-refractivity contribution in [2.24, 2.45) is 0 Å². The van der Waals surface area contributed by atoms with Crippen molar-refractivity contribution in [1.82, 2.24) is 24.8 Å². The molecule has 0 saturated carbocycles. The lowest BCUT2D eigenvalue weighted by Crippen LogP contribution is -2.31. The molecule has 0 radical (unpaired) electrons. The van der Waals surface area contributed by atoms with Gasteiger partial charge in [0.2, 0.25) is 5.91 Å². The van der Waals surface area contributed by atoms with Crippen molar-refractivity contribution in [3.63, 3.8) is 0 Å². The van der Waals surface area contributed by atoms with Gasteiger partial charge in [-0.25, -0.2) is 15.0 Å². The van der Waals surface area contributed by atoms with E-state index in [9.17, 15) is 4.79 Å². The van der Waals surface area contributed by atoms with E-state index >= 15 is 0 Å². The molecule has 23 heavy (non-hydrogen) atoms. The van der Waals surface area contributed by atoms with Crippen LogP contribution in [0.3, 0.4) is 0 Å². The zero-order chi connectivity index (χ0) is 16.4. The third kappa shape index (κ3) is 3.92. The molecule has 7 heteroatoms. The quantitative estimate of drug-likeness (QED) is 0.848. The maximum absolute atomic E-state index is 11.7. The second kappa shape index (κ2) is 6.72.